The molecule has 2 unspecified atom stereocenters. The molecule has 188 valence electrons. The van der Waals surface area contributed by atoms with E-state index < -0.39 is 16.6 Å². The quantitative estimate of drug-likeness (QED) is 0.513. The number of nitrogens with zero attached hydrogens (tertiary/aromatic N) is 3. The highest BCUT2D eigenvalue weighted by Crippen LogP contribution is 2.50. The Morgan fingerprint density at radius 3 is 2.36 bits per heavy atom. The Kier molecular flexibility index (Phi) is 6.94. The van der Waals surface area contributed by atoms with Crippen LogP contribution in [0.4, 0.5) is 0 Å². The monoisotopic (exact) mass is 485 g/mol. The van der Waals surface area contributed by atoms with E-state index in [4.69, 9.17) is 4.74 Å². The molecular formula is C30H35N3O3. The van der Waals surface area contributed by atoms with Crippen molar-refractivity contribution in [3.05, 3.63) is 88.9 Å². The first-order chi connectivity index (χ1) is 17.0. The number of rotatable bonds is 6. The Balaban J connectivity index is 1.74. The van der Waals surface area contributed by atoms with E-state index in [9.17, 15) is 10.2 Å². The third-order valence-electron chi connectivity index (χ3n) is 7.14. The number of hydrogen-bond acceptors (Lipinski definition) is 6. The number of hydrogen-bond donors (Lipinski definition) is 2. The Labute approximate surface area is 214 Å². The minimum atomic E-state index is -1.49. The minimum Gasteiger partial charge on any atom is -0.481 e. The van der Waals surface area contributed by atoms with Crippen molar-refractivity contribution >= 4 is 0 Å². The van der Waals surface area contributed by atoms with Crippen molar-refractivity contribution in [1.29, 1.82) is 0 Å². The predicted octanol–water partition coefficient (Wildman–Crippen LogP) is 4.06. The SMILES string of the molecule is COc1cccc(C(C)(O)C#Cc2cncc(C(O)(c3ccc(C(C)C)cc3)C3(C)CN(C)C3)c2)n1. The largest absolute Gasteiger partial charge is 0.481 e. The lowest BCUT2D eigenvalue weighted by Crippen LogP contribution is -2.63. The zero-order valence-electron chi connectivity index (χ0n) is 21.9. The van der Waals surface area contributed by atoms with Crippen molar-refractivity contribution in [2.75, 3.05) is 27.2 Å². The maximum Gasteiger partial charge on any atom is 0.213 e. The van der Waals surface area contributed by atoms with Crippen LogP contribution >= 0.6 is 0 Å². The van der Waals surface area contributed by atoms with Crippen LogP contribution in [0, 0.1) is 17.3 Å². The van der Waals surface area contributed by atoms with Crippen molar-refractivity contribution in [3.63, 3.8) is 0 Å². The summed E-state index contributed by atoms with van der Waals surface area (Å²) in [5.41, 5.74) is 0.596. The fraction of sp³-hybridized carbons (Fsp3) is 0.400. The van der Waals surface area contributed by atoms with Gasteiger partial charge >= 0.3 is 0 Å². The van der Waals surface area contributed by atoms with E-state index in [1.165, 1.54) is 12.7 Å². The average molecular weight is 486 g/mol. The van der Waals surface area contributed by atoms with Crippen LogP contribution in [0.1, 0.15) is 61.6 Å². The summed E-state index contributed by atoms with van der Waals surface area (Å²) in [5.74, 6) is 6.77. The van der Waals surface area contributed by atoms with Gasteiger partial charge in [0.1, 0.15) is 5.60 Å². The van der Waals surface area contributed by atoms with Crippen LogP contribution in [0.5, 0.6) is 5.88 Å². The summed E-state index contributed by atoms with van der Waals surface area (Å²) in [7, 11) is 3.58. The van der Waals surface area contributed by atoms with Crippen LogP contribution in [0.15, 0.2) is 60.9 Å². The van der Waals surface area contributed by atoms with E-state index >= 15 is 0 Å². The summed E-state index contributed by atoms with van der Waals surface area (Å²) in [6.07, 6.45) is 3.36. The molecule has 1 fully saturated rings. The summed E-state index contributed by atoms with van der Waals surface area (Å²) in [6.45, 7) is 9.53. The topological polar surface area (TPSA) is 78.7 Å². The summed E-state index contributed by atoms with van der Waals surface area (Å²) in [5, 5.41) is 23.4. The third kappa shape index (κ3) is 4.75. The van der Waals surface area contributed by atoms with Gasteiger partial charge in [-0.05, 0) is 43.1 Å². The second kappa shape index (κ2) is 9.67. The van der Waals surface area contributed by atoms with E-state index in [1.807, 2.05) is 18.2 Å². The maximum atomic E-state index is 12.4. The van der Waals surface area contributed by atoms with Gasteiger partial charge in [0, 0.05) is 48.1 Å². The molecule has 0 saturated carbocycles. The molecule has 2 atom stereocenters. The number of aliphatic hydroxyl groups is 2. The second-order valence-electron chi connectivity index (χ2n) is 10.6. The Hall–Kier alpha value is -3.24. The molecule has 0 amide bonds. The number of likely N-dealkylation sites (tertiary alicyclic amines) is 1. The predicted molar refractivity (Wildman–Crippen MR) is 141 cm³/mol. The van der Waals surface area contributed by atoms with Crippen LogP contribution in [0.25, 0.3) is 0 Å². The third-order valence-corrected chi connectivity index (χ3v) is 7.14. The second-order valence-corrected chi connectivity index (χ2v) is 10.6. The van der Waals surface area contributed by atoms with E-state index in [2.05, 4.69) is 66.7 Å². The van der Waals surface area contributed by atoms with Gasteiger partial charge in [-0.15, -0.1) is 0 Å². The average Bonchev–Trinajstić information content (AvgIpc) is 2.86. The number of pyridine rings is 2. The smallest absolute Gasteiger partial charge is 0.213 e. The Morgan fingerprint density at radius 1 is 1.06 bits per heavy atom. The molecule has 2 N–H and O–H groups in total. The van der Waals surface area contributed by atoms with Gasteiger partial charge < -0.3 is 19.8 Å². The van der Waals surface area contributed by atoms with Gasteiger partial charge in [0.25, 0.3) is 0 Å². The molecule has 4 rings (SSSR count). The number of benzene rings is 1. The van der Waals surface area contributed by atoms with Crippen LogP contribution in [-0.4, -0.2) is 52.3 Å². The van der Waals surface area contributed by atoms with E-state index in [0.717, 1.165) is 18.7 Å². The molecule has 1 aliphatic heterocycles. The maximum absolute atomic E-state index is 12.4. The molecule has 0 aliphatic carbocycles. The van der Waals surface area contributed by atoms with Gasteiger partial charge in [0.05, 0.1) is 12.8 Å². The van der Waals surface area contributed by atoms with Crippen LogP contribution in [0.2, 0.25) is 0 Å². The zero-order valence-corrected chi connectivity index (χ0v) is 21.9. The minimum absolute atomic E-state index is 0.394. The molecule has 0 bridgehead atoms. The molecule has 6 heteroatoms. The standard InChI is InChI=1S/C30H35N3O3/c1-21(2)23-10-12-24(13-11-23)30(35,28(3)19-33(5)20-28)25-16-22(17-31-18-25)14-15-29(4,34)26-8-7-9-27(32-26)36-6/h7-13,16-18,21,34-35H,19-20H2,1-6H3. The number of methoxy groups -OCH3 is 1. The molecule has 1 aromatic carbocycles. The van der Waals surface area contributed by atoms with Gasteiger partial charge in [-0.1, -0.05) is 62.9 Å². The van der Waals surface area contributed by atoms with E-state index in [1.54, 1.807) is 37.5 Å². The van der Waals surface area contributed by atoms with Gasteiger partial charge in [-0.25, -0.2) is 4.98 Å². The zero-order chi connectivity index (χ0) is 26.1. The Bertz CT molecular complexity index is 1280. The van der Waals surface area contributed by atoms with E-state index in [-0.39, 0.29) is 0 Å². The van der Waals surface area contributed by atoms with Crippen LogP contribution < -0.4 is 4.74 Å². The number of ether oxygens (including phenoxy) is 1. The lowest BCUT2D eigenvalue weighted by molar-refractivity contribution is -0.127. The number of aromatic nitrogens is 2. The normalized spacial score (nSPS) is 18.4. The van der Waals surface area contributed by atoms with E-state index in [0.29, 0.717) is 28.6 Å². The Morgan fingerprint density at radius 2 is 1.75 bits per heavy atom. The lowest BCUT2D eigenvalue weighted by atomic mass is 9.62. The first-order valence-corrected chi connectivity index (χ1v) is 12.2. The molecule has 6 nitrogen and oxygen atoms in total. The highest BCUT2D eigenvalue weighted by atomic mass is 16.5. The van der Waals surface area contributed by atoms with Crippen molar-refractivity contribution < 1.29 is 14.9 Å². The molecule has 2 aromatic heterocycles. The highest BCUT2D eigenvalue weighted by Gasteiger charge is 2.55. The first-order valence-electron chi connectivity index (χ1n) is 12.2. The van der Waals surface area contributed by atoms with Crippen molar-refractivity contribution in [3.8, 4) is 17.7 Å². The molecule has 36 heavy (non-hydrogen) atoms. The van der Waals surface area contributed by atoms with Gasteiger partial charge in [0.15, 0.2) is 5.60 Å². The van der Waals surface area contributed by atoms with Crippen LogP contribution in [-0.2, 0) is 11.2 Å². The van der Waals surface area contributed by atoms with Crippen molar-refractivity contribution in [2.24, 2.45) is 5.41 Å². The highest BCUT2D eigenvalue weighted by molar-refractivity contribution is 5.45. The fourth-order valence-corrected chi connectivity index (χ4v) is 5.11. The molecule has 0 radical (unpaired) electrons. The molecule has 1 saturated heterocycles. The summed E-state index contributed by atoms with van der Waals surface area (Å²) in [4.78, 5) is 10.9. The van der Waals surface area contributed by atoms with Gasteiger partial charge in [0.2, 0.25) is 5.88 Å². The lowest BCUT2D eigenvalue weighted by Gasteiger charge is -2.55. The molecule has 1 aliphatic rings. The molecular weight excluding hydrogens is 450 g/mol. The van der Waals surface area contributed by atoms with Gasteiger partial charge in [-0.2, -0.15) is 0 Å². The first kappa shape index (κ1) is 25.8. The van der Waals surface area contributed by atoms with Crippen molar-refractivity contribution in [2.45, 2.75) is 44.8 Å². The van der Waals surface area contributed by atoms with Crippen LogP contribution in [0.3, 0.4) is 0 Å². The summed E-state index contributed by atoms with van der Waals surface area (Å²) < 4.78 is 5.17. The summed E-state index contributed by atoms with van der Waals surface area (Å²) in [6, 6.07) is 15.3. The molecule has 0 spiro atoms. The van der Waals surface area contributed by atoms with Gasteiger partial charge in [-0.3, -0.25) is 4.98 Å². The summed E-state index contributed by atoms with van der Waals surface area (Å²) >= 11 is 0. The molecule has 3 heterocycles. The molecule has 3 aromatic rings. The van der Waals surface area contributed by atoms with Crippen molar-refractivity contribution in [1.82, 2.24) is 14.9 Å². The fourth-order valence-electron chi connectivity index (χ4n) is 5.11.